The molecule has 0 aromatic heterocycles. The first-order valence-electron chi connectivity index (χ1n) is 5.50. The molecule has 1 aliphatic carbocycles. The lowest BCUT2D eigenvalue weighted by Gasteiger charge is -2.15. The van der Waals surface area contributed by atoms with Crippen LogP contribution in [0.5, 0.6) is 0 Å². The lowest BCUT2D eigenvalue weighted by atomic mass is 9.95. The summed E-state index contributed by atoms with van der Waals surface area (Å²) in [6.07, 6.45) is 8.01. The van der Waals surface area contributed by atoms with Crippen molar-refractivity contribution in [1.29, 1.82) is 0 Å². The van der Waals surface area contributed by atoms with E-state index in [1.807, 2.05) is 0 Å². The van der Waals surface area contributed by atoms with Crippen molar-refractivity contribution in [2.45, 2.75) is 19.3 Å². The Labute approximate surface area is 91.6 Å². The molecule has 0 saturated heterocycles. The number of aliphatic imine (C=N–C) groups is 1. The van der Waals surface area contributed by atoms with Crippen LogP contribution in [-0.4, -0.2) is 32.8 Å². The topological polar surface area (TPSA) is 59.6 Å². The van der Waals surface area contributed by atoms with E-state index in [1.54, 1.807) is 7.11 Å². The lowest BCUT2D eigenvalue weighted by Crippen LogP contribution is -2.34. The minimum Gasteiger partial charge on any atom is -0.383 e. The molecule has 0 radical (unpaired) electrons. The lowest BCUT2D eigenvalue weighted by molar-refractivity contribution is 0.204. The molecule has 4 nitrogen and oxygen atoms in total. The molecular formula is C11H21N3O. The summed E-state index contributed by atoms with van der Waals surface area (Å²) in [7, 11) is 1.67. The highest BCUT2D eigenvalue weighted by molar-refractivity contribution is 5.77. The molecule has 0 amide bonds. The molecule has 1 aliphatic rings. The quantitative estimate of drug-likeness (QED) is 0.307. The minimum absolute atomic E-state index is 0.529. The van der Waals surface area contributed by atoms with Gasteiger partial charge in [-0.3, -0.25) is 4.99 Å². The molecule has 0 bridgehead atoms. The van der Waals surface area contributed by atoms with Crippen molar-refractivity contribution < 1.29 is 4.74 Å². The van der Waals surface area contributed by atoms with E-state index < -0.39 is 0 Å². The van der Waals surface area contributed by atoms with E-state index in [-0.39, 0.29) is 0 Å². The molecule has 1 unspecified atom stereocenters. The molecule has 3 N–H and O–H groups in total. The van der Waals surface area contributed by atoms with Crippen molar-refractivity contribution in [3.63, 3.8) is 0 Å². The molecule has 0 aromatic rings. The van der Waals surface area contributed by atoms with Gasteiger partial charge in [0.15, 0.2) is 5.96 Å². The zero-order valence-electron chi connectivity index (χ0n) is 9.41. The van der Waals surface area contributed by atoms with Gasteiger partial charge in [-0.15, -0.1) is 0 Å². The Balaban J connectivity index is 2.15. The number of allylic oxidation sites excluding steroid dienone is 2. The fourth-order valence-electron chi connectivity index (χ4n) is 1.59. The number of nitrogens with two attached hydrogens (primary N) is 1. The summed E-state index contributed by atoms with van der Waals surface area (Å²) in [5.41, 5.74) is 5.70. The fraction of sp³-hybridized carbons (Fsp3) is 0.727. The summed E-state index contributed by atoms with van der Waals surface area (Å²) in [6.45, 7) is 2.20. The maximum atomic E-state index is 5.70. The number of methoxy groups -OCH3 is 1. The first kappa shape index (κ1) is 12.0. The molecular weight excluding hydrogens is 190 g/mol. The fourth-order valence-corrected chi connectivity index (χ4v) is 1.59. The zero-order chi connectivity index (χ0) is 10.9. The zero-order valence-corrected chi connectivity index (χ0v) is 9.41. The predicted molar refractivity (Wildman–Crippen MR) is 62.8 cm³/mol. The Morgan fingerprint density at radius 2 is 2.47 bits per heavy atom. The van der Waals surface area contributed by atoms with Gasteiger partial charge in [0.25, 0.3) is 0 Å². The summed E-state index contributed by atoms with van der Waals surface area (Å²) in [4.78, 5) is 4.31. The highest BCUT2D eigenvalue weighted by Gasteiger charge is 2.08. The standard InChI is InChI=1S/C11H21N3O/c1-15-8-7-13-11(12)14-9-10-5-3-2-4-6-10/h2-3,10H,4-9H2,1H3,(H3,12,13,14). The monoisotopic (exact) mass is 211 g/mol. The van der Waals surface area contributed by atoms with Gasteiger partial charge in [-0.2, -0.15) is 0 Å². The largest absolute Gasteiger partial charge is 0.383 e. The maximum absolute atomic E-state index is 5.70. The van der Waals surface area contributed by atoms with Crippen LogP contribution >= 0.6 is 0 Å². The SMILES string of the molecule is COCCNC(N)=NCC1CC=CCC1. The van der Waals surface area contributed by atoms with E-state index in [0.717, 1.165) is 19.5 Å². The molecule has 4 heteroatoms. The molecule has 0 spiro atoms. The number of guanidine groups is 1. The number of nitrogens with one attached hydrogen (secondary N) is 1. The van der Waals surface area contributed by atoms with Crippen LogP contribution in [0.1, 0.15) is 19.3 Å². The maximum Gasteiger partial charge on any atom is 0.188 e. The second-order valence-electron chi connectivity index (χ2n) is 3.80. The summed E-state index contributed by atoms with van der Waals surface area (Å²) >= 11 is 0. The van der Waals surface area contributed by atoms with E-state index in [9.17, 15) is 0 Å². The Kier molecular flexibility index (Phi) is 5.85. The smallest absolute Gasteiger partial charge is 0.188 e. The third kappa shape index (κ3) is 5.42. The Morgan fingerprint density at radius 3 is 3.13 bits per heavy atom. The van der Waals surface area contributed by atoms with Crippen LogP contribution in [-0.2, 0) is 4.74 Å². The van der Waals surface area contributed by atoms with Gasteiger partial charge in [0.05, 0.1) is 6.61 Å². The van der Waals surface area contributed by atoms with Gasteiger partial charge in [0.2, 0.25) is 0 Å². The van der Waals surface area contributed by atoms with Gasteiger partial charge in [-0.1, -0.05) is 12.2 Å². The second kappa shape index (κ2) is 7.29. The predicted octanol–water partition coefficient (Wildman–Crippen LogP) is 0.893. The number of hydrogen-bond donors (Lipinski definition) is 2. The highest BCUT2D eigenvalue weighted by atomic mass is 16.5. The Morgan fingerprint density at radius 1 is 1.60 bits per heavy atom. The van der Waals surface area contributed by atoms with Gasteiger partial charge < -0.3 is 15.8 Å². The highest BCUT2D eigenvalue weighted by Crippen LogP contribution is 2.17. The van der Waals surface area contributed by atoms with Gasteiger partial charge >= 0.3 is 0 Å². The van der Waals surface area contributed by atoms with E-state index in [4.69, 9.17) is 10.5 Å². The molecule has 0 saturated carbocycles. The number of ether oxygens (including phenoxy) is 1. The van der Waals surface area contributed by atoms with Crippen molar-refractivity contribution in [2.24, 2.45) is 16.6 Å². The molecule has 86 valence electrons. The summed E-state index contributed by atoms with van der Waals surface area (Å²) < 4.78 is 4.90. The van der Waals surface area contributed by atoms with Gasteiger partial charge in [0.1, 0.15) is 0 Å². The number of nitrogens with zero attached hydrogens (tertiary/aromatic N) is 1. The molecule has 0 aliphatic heterocycles. The molecule has 0 fully saturated rings. The number of rotatable bonds is 5. The van der Waals surface area contributed by atoms with E-state index in [1.165, 1.54) is 12.8 Å². The molecule has 15 heavy (non-hydrogen) atoms. The van der Waals surface area contributed by atoms with Crippen LogP contribution in [0.15, 0.2) is 17.1 Å². The molecule has 1 rings (SSSR count). The van der Waals surface area contributed by atoms with Crippen molar-refractivity contribution in [3.05, 3.63) is 12.2 Å². The van der Waals surface area contributed by atoms with Crippen molar-refractivity contribution in [1.82, 2.24) is 5.32 Å². The van der Waals surface area contributed by atoms with E-state index in [0.29, 0.717) is 18.5 Å². The summed E-state index contributed by atoms with van der Waals surface area (Å²) in [6, 6.07) is 0. The third-order valence-electron chi connectivity index (χ3n) is 2.51. The van der Waals surface area contributed by atoms with Crippen LogP contribution in [0, 0.1) is 5.92 Å². The van der Waals surface area contributed by atoms with Crippen LogP contribution in [0.4, 0.5) is 0 Å². The summed E-state index contributed by atoms with van der Waals surface area (Å²) in [5.74, 6) is 1.19. The van der Waals surface area contributed by atoms with Crippen LogP contribution < -0.4 is 11.1 Å². The van der Waals surface area contributed by atoms with Gasteiger partial charge in [0, 0.05) is 20.2 Å². The average molecular weight is 211 g/mol. The van der Waals surface area contributed by atoms with Crippen LogP contribution in [0.25, 0.3) is 0 Å². The van der Waals surface area contributed by atoms with Gasteiger partial charge in [-0.25, -0.2) is 0 Å². The van der Waals surface area contributed by atoms with Crippen LogP contribution in [0.3, 0.4) is 0 Å². The first-order chi connectivity index (χ1) is 7.33. The van der Waals surface area contributed by atoms with E-state index in [2.05, 4.69) is 22.5 Å². The molecule has 0 aromatic carbocycles. The third-order valence-corrected chi connectivity index (χ3v) is 2.51. The Bertz CT molecular complexity index is 226. The summed E-state index contributed by atoms with van der Waals surface area (Å²) in [5, 5.41) is 3.01. The minimum atomic E-state index is 0.529. The van der Waals surface area contributed by atoms with Crippen LogP contribution in [0.2, 0.25) is 0 Å². The second-order valence-corrected chi connectivity index (χ2v) is 3.80. The normalized spacial score (nSPS) is 21.7. The average Bonchev–Trinajstić information content (AvgIpc) is 2.28. The number of hydrogen-bond acceptors (Lipinski definition) is 2. The Hall–Kier alpha value is -1.03. The van der Waals surface area contributed by atoms with Crippen molar-refractivity contribution in [2.75, 3.05) is 26.8 Å². The van der Waals surface area contributed by atoms with Crippen molar-refractivity contribution >= 4 is 5.96 Å². The van der Waals surface area contributed by atoms with Gasteiger partial charge in [-0.05, 0) is 25.2 Å². The van der Waals surface area contributed by atoms with E-state index >= 15 is 0 Å². The van der Waals surface area contributed by atoms with Crippen molar-refractivity contribution in [3.8, 4) is 0 Å². The molecule has 1 atom stereocenters. The first-order valence-corrected chi connectivity index (χ1v) is 5.50. The molecule has 0 heterocycles.